The second-order valence-electron chi connectivity index (χ2n) is 7.48. The zero-order valence-corrected chi connectivity index (χ0v) is 17.9. The van der Waals surface area contributed by atoms with Crippen LogP contribution in [0.2, 0.25) is 10.0 Å². The number of hydrogen-bond acceptors (Lipinski definition) is 4. The molecule has 0 unspecified atom stereocenters. The van der Waals surface area contributed by atoms with Crippen LogP contribution in [-0.2, 0) is 16.0 Å². The van der Waals surface area contributed by atoms with E-state index in [0.717, 1.165) is 18.7 Å². The van der Waals surface area contributed by atoms with E-state index < -0.39 is 0 Å². The van der Waals surface area contributed by atoms with E-state index in [4.69, 9.17) is 27.9 Å². The Bertz CT molecular complexity index is 725. The van der Waals surface area contributed by atoms with Gasteiger partial charge in [0.15, 0.2) is 0 Å². The molecule has 3 rings (SSSR count). The monoisotopic (exact) mass is 427 g/mol. The van der Waals surface area contributed by atoms with Gasteiger partial charge in [0.25, 0.3) is 0 Å². The van der Waals surface area contributed by atoms with Crippen molar-refractivity contribution in [3.05, 3.63) is 33.8 Å². The number of piperazine rings is 1. The van der Waals surface area contributed by atoms with E-state index in [1.54, 1.807) is 17.0 Å². The minimum Gasteiger partial charge on any atom is -0.453 e. The van der Waals surface area contributed by atoms with Crippen molar-refractivity contribution in [3.8, 4) is 0 Å². The molecule has 6 nitrogen and oxygen atoms in total. The van der Waals surface area contributed by atoms with Crippen molar-refractivity contribution >= 4 is 35.2 Å². The number of nitrogens with zero attached hydrogens (tertiary/aromatic N) is 3. The van der Waals surface area contributed by atoms with Crippen molar-refractivity contribution in [2.45, 2.75) is 38.3 Å². The number of carbonyl (C=O) groups is 2. The lowest BCUT2D eigenvalue weighted by molar-refractivity contribution is -0.137. The number of halogens is 2. The Kier molecular flexibility index (Phi) is 7.07. The number of amides is 2. The average Bonchev–Trinajstić information content (AvgIpc) is 3.24. The molecule has 2 aliphatic rings. The molecule has 0 radical (unpaired) electrons. The molecule has 2 heterocycles. The Hall–Kier alpha value is -1.50. The zero-order valence-electron chi connectivity index (χ0n) is 16.4. The third-order valence-corrected chi connectivity index (χ3v) is 6.52. The average molecular weight is 428 g/mol. The first-order valence-electron chi connectivity index (χ1n) is 9.71. The Labute approximate surface area is 176 Å². The summed E-state index contributed by atoms with van der Waals surface area (Å²) in [6.45, 7) is 5.67. The van der Waals surface area contributed by atoms with Crippen molar-refractivity contribution in [3.63, 3.8) is 0 Å². The predicted octanol–water partition coefficient (Wildman–Crippen LogP) is 3.30. The zero-order chi connectivity index (χ0) is 20.3. The van der Waals surface area contributed by atoms with Crippen LogP contribution in [0.15, 0.2) is 18.2 Å². The van der Waals surface area contributed by atoms with Gasteiger partial charge < -0.3 is 14.5 Å². The molecule has 2 aliphatic heterocycles. The van der Waals surface area contributed by atoms with Crippen LogP contribution < -0.4 is 0 Å². The number of rotatable bonds is 4. The molecule has 154 valence electrons. The van der Waals surface area contributed by atoms with Crippen molar-refractivity contribution in [2.24, 2.45) is 0 Å². The highest BCUT2D eigenvalue weighted by Gasteiger charge is 2.38. The highest BCUT2D eigenvalue weighted by Crippen LogP contribution is 2.25. The quantitative estimate of drug-likeness (QED) is 0.739. The molecule has 2 fully saturated rings. The predicted molar refractivity (Wildman–Crippen MR) is 110 cm³/mol. The number of methoxy groups -OCH3 is 1. The fourth-order valence-electron chi connectivity index (χ4n) is 4.15. The van der Waals surface area contributed by atoms with Crippen LogP contribution in [0.5, 0.6) is 0 Å². The van der Waals surface area contributed by atoms with Crippen LogP contribution in [0, 0.1) is 0 Å². The van der Waals surface area contributed by atoms with Crippen molar-refractivity contribution in [1.82, 2.24) is 14.7 Å². The van der Waals surface area contributed by atoms with Crippen molar-refractivity contribution in [2.75, 3.05) is 39.8 Å². The van der Waals surface area contributed by atoms with Gasteiger partial charge in [-0.3, -0.25) is 9.69 Å². The van der Waals surface area contributed by atoms with Crippen LogP contribution >= 0.6 is 23.2 Å². The highest BCUT2D eigenvalue weighted by molar-refractivity contribution is 6.42. The Morgan fingerprint density at radius 2 is 1.86 bits per heavy atom. The molecule has 0 aromatic heterocycles. The second kappa shape index (κ2) is 9.33. The topological polar surface area (TPSA) is 53.1 Å². The first kappa shape index (κ1) is 21.2. The summed E-state index contributed by atoms with van der Waals surface area (Å²) >= 11 is 12.1. The van der Waals surface area contributed by atoms with E-state index in [1.807, 2.05) is 11.0 Å². The maximum absolute atomic E-state index is 13.1. The van der Waals surface area contributed by atoms with Gasteiger partial charge in [0.2, 0.25) is 5.91 Å². The molecule has 2 saturated heterocycles. The molecule has 0 aliphatic carbocycles. The molecular formula is C20H27Cl2N3O3. The lowest BCUT2D eigenvalue weighted by atomic mass is 10.0. The van der Waals surface area contributed by atoms with Gasteiger partial charge in [0.1, 0.15) is 0 Å². The molecule has 0 N–H and O–H groups in total. The number of carbonyl (C=O) groups excluding carboxylic acids is 2. The van der Waals surface area contributed by atoms with Gasteiger partial charge in [-0.15, -0.1) is 0 Å². The lowest BCUT2D eigenvalue weighted by Crippen LogP contribution is -2.62. The van der Waals surface area contributed by atoms with E-state index in [9.17, 15) is 9.59 Å². The van der Waals surface area contributed by atoms with Gasteiger partial charge >= 0.3 is 6.09 Å². The standard InChI is InChI=1S/C20H27Cl2N3O3/c1-14(23-7-3-4-8-23)18-13-24(20(27)28-2)9-10-25(18)19(26)12-15-5-6-16(21)17(22)11-15/h5-6,11,14,18H,3-4,7-10,12-13H2,1-2H3/t14-,18+/m1/s1. The van der Waals surface area contributed by atoms with E-state index in [-0.39, 0.29) is 30.5 Å². The van der Waals surface area contributed by atoms with Crippen molar-refractivity contribution < 1.29 is 14.3 Å². The number of benzene rings is 1. The van der Waals surface area contributed by atoms with Crippen LogP contribution in [0.4, 0.5) is 4.79 Å². The molecule has 2 atom stereocenters. The van der Waals surface area contributed by atoms with Crippen LogP contribution in [-0.4, -0.2) is 78.6 Å². The molecular weight excluding hydrogens is 401 g/mol. The molecule has 28 heavy (non-hydrogen) atoms. The normalized spacial score (nSPS) is 21.6. The fraction of sp³-hybridized carbons (Fsp3) is 0.600. The van der Waals surface area contributed by atoms with Crippen LogP contribution in [0.25, 0.3) is 0 Å². The van der Waals surface area contributed by atoms with E-state index in [1.165, 1.54) is 20.0 Å². The van der Waals surface area contributed by atoms with Crippen molar-refractivity contribution in [1.29, 1.82) is 0 Å². The van der Waals surface area contributed by atoms with Gasteiger partial charge in [-0.25, -0.2) is 4.79 Å². The number of hydrogen-bond donors (Lipinski definition) is 0. The lowest BCUT2D eigenvalue weighted by Gasteiger charge is -2.45. The Morgan fingerprint density at radius 1 is 1.14 bits per heavy atom. The molecule has 0 spiro atoms. The molecule has 1 aromatic rings. The van der Waals surface area contributed by atoms with Gasteiger partial charge in [-0.2, -0.15) is 0 Å². The minimum atomic E-state index is -0.338. The maximum Gasteiger partial charge on any atom is 0.409 e. The fourth-order valence-corrected chi connectivity index (χ4v) is 4.47. The molecule has 2 amide bonds. The Morgan fingerprint density at radius 3 is 2.50 bits per heavy atom. The minimum absolute atomic E-state index is 0.0407. The summed E-state index contributed by atoms with van der Waals surface area (Å²) in [6.07, 6.45) is 2.28. The van der Waals surface area contributed by atoms with E-state index in [2.05, 4.69) is 11.8 Å². The summed E-state index contributed by atoms with van der Waals surface area (Å²) in [7, 11) is 1.39. The van der Waals surface area contributed by atoms with Gasteiger partial charge in [-0.05, 0) is 50.6 Å². The molecule has 8 heteroatoms. The summed E-state index contributed by atoms with van der Waals surface area (Å²) < 4.78 is 4.90. The summed E-state index contributed by atoms with van der Waals surface area (Å²) in [6, 6.07) is 5.39. The summed E-state index contributed by atoms with van der Waals surface area (Å²) in [5.74, 6) is 0.0407. The summed E-state index contributed by atoms with van der Waals surface area (Å²) in [4.78, 5) is 31.2. The first-order valence-corrected chi connectivity index (χ1v) is 10.5. The van der Waals surface area contributed by atoms with Gasteiger partial charge in [-0.1, -0.05) is 29.3 Å². The van der Waals surface area contributed by atoms with E-state index in [0.29, 0.717) is 29.7 Å². The van der Waals surface area contributed by atoms with Gasteiger partial charge in [0, 0.05) is 25.7 Å². The number of ether oxygens (including phenoxy) is 1. The molecule has 0 bridgehead atoms. The third kappa shape index (κ3) is 4.73. The van der Waals surface area contributed by atoms with E-state index >= 15 is 0 Å². The first-order chi connectivity index (χ1) is 13.4. The Balaban J connectivity index is 1.76. The van der Waals surface area contributed by atoms with Crippen LogP contribution in [0.3, 0.4) is 0 Å². The summed E-state index contributed by atoms with van der Waals surface area (Å²) in [5, 5.41) is 0.926. The molecule has 0 saturated carbocycles. The SMILES string of the molecule is COC(=O)N1CCN(C(=O)Cc2ccc(Cl)c(Cl)c2)[C@H]([C@@H](C)N2CCCC2)C1. The smallest absolute Gasteiger partial charge is 0.409 e. The summed E-state index contributed by atoms with van der Waals surface area (Å²) in [5.41, 5.74) is 0.836. The maximum atomic E-state index is 13.1. The second-order valence-corrected chi connectivity index (χ2v) is 8.29. The molecule has 1 aromatic carbocycles. The number of likely N-dealkylation sites (tertiary alicyclic amines) is 1. The van der Waals surface area contributed by atoms with Crippen LogP contribution in [0.1, 0.15) is 25.3 Å². The largest absolute Gasteiger partial charge is 0.453 e. The highest BCUT2D eigenvalue weighted by atomic mass is 35.5. The van der Waals surface area contributed by atoms with Gasteiger partial charge in [0.05, 0.1) is 29.6 Å². The third-order valence-electron chi connectivity index (χ3n) is 5.78.